The van der Waals surface area contributed by atoms with Gasteiger partial charge in [-0.05, 0) is 25.8 Å². The molecule has 23 heavy (non-hydrogen) atoms. The van der Waals surface area contributed by atoms with E-state index in [1.807, 2.05) is 0 Å². The molecule has 4 rings (SSSR count). The SMILES string of the molecule is C[C@]1(O)CO[C@H](CO)[C@]1(O)n1ccc2c(NC3CC3)ncnc21. The van der Waals surface area contributed by atoms with Crippen molar-refractivity contribution in [2.24, 2.45) is 0 Å². The van der Waals surface area contributed by atoms with Gasteiger partial charge in [0.2, 0.25) is 5.72 Å². The lowest BCUT2D eigenvalue weighted by Gasteiger charge is -2.37. The first-order valence-electron chi connectivity index (χ1n) is 7.73. The zero-order valence-corrected chi connectivity index (χ0v) is 12.8. The number of hydrogen-bond donors (Lipinski definition) is 4. The summed E-state index contributed by atoms with van der Waals surface area (Å²) in [4.78, 5) is 8.52. The standard InChI is InChI=1S/C15H20N4O4/c1-14(21)7-23-11(6-20)15(14,22)19-5-4-10-12(18-9-2-3-9)16-8-17-13(10)19/h4-5,8-9,11,20-22H,2-3,6-7H2,1H3,(H,16,17,18)/t11-,14+,15-/m1/s1. The first-order chi connectivity index (χ1) is 11.0. The van der Waals surface area contributed by atoms with E-state index >= 15 is 0 Å². The van der Waals surface area contributed by atoms with Crippen molar-refractivity contribution in [3.8, 4) is 0 Å². The highest BCUT2D eigenvalue weighted by molar-refractivity contribution is 5.87. The summed E-state index contributed by atoms with van der Waals surface area (Å²) in [6, 6.07) is 2.23. The maximum atomic E-state index is 11.2. The van der Waals surface area contributed by atoms with Gasteiger partial charge in [0, 0.05) is 12.2 Å². The van der Waals surface area contributed by atoms with E-state index in [1.165, 1.54) is 17.8 Å². The molecule has 2 aromatic heterocycles. The Hall–Kier alpha value is -1.74. The summed E-state index contributed by atoms with van der Waals surface area (Å²) >= 11 is 0. The smallest absolute Gasteiger partial charge is 0.203 e. The fourth-order valence-corrected chi connectivity index (χ4v) is 3.19. The summed E-state index contributed by atoms with van der Waals surface area (Å²) < 4.78 is 6.85. The minimum absolute atomic E-state index is 0.0767. The maximum absolute atomic E-state index is 11.2. The molecule has 2 aliphatic rings. The molecule has 2 aromatic rings. The largest absolute Gasteiger partial charge is 0.393 e. The van der Waals surface area contributed by atoms with E-state index < -0.39 is 24.0 Å². The number of aliphatic hydroxyl groups is 3. The minimum atomic E-state index is -1.81. The molecular formula is C15H20N4O4. The third kappa shape index (κ3) is 2.06. The van der Waals surface area contributed by atoms with Crippen molar-refractivity contribution in [3.63, 3.8) is 0 Å². The van der Waals surface area contributed by atoms with Crippen molar-refractivity contribution >= 4 is 16.9 Å². The molecule has 1 aliphatic carbocycles. The van der Waals surface area contributed by atoms with Crippen LogP contribution in [0.25, 0.3) is 11.0 Å². The van der Waals surface area contributed by atoms with Crippen LogP contribution in [0, 0.1) is 0 Å². The van der Waals surface area contributed by atoms with Crippen molar-refractivity contribution in [1.29, 1.82) is 0 Å². The van der Waals surface area contributed by atoms with E-state index in [1.54, 1.807) is 12.3 Å². The van der Waals surface area contributed by atoms with Crippen molar-refractivity contribution in [2.45, 2.75) is 43.2 Å². The first-order valence-corrected chi connectivity index (χ1v) is 7.73. The second-order valence-corrected chi connectivity index (χ2v) is 6.55. The molecule has 1 aliphatic heterocycles. The van der Waals surface area contributed by atoms with Crippen LogP contribution < -0.4 is 5.32 Å². The Labute approximate surface area is 132 Å². The highest BCUT2D eigenvalue weighted by atomic mass is 16.6. The number of ether oxygens (including phenoxy) is 1. The fraction of sp³-hybridized carbons (Fsp3) is 0.600. The summed E-state index contributed by atoms with van der Waals surface area (Å²) in [5.74, 6) is 0.707. The minimum Gasteiger partial charge on any atom is -0.393 e. The lowest BCUT2D eigenvalue weighted by Crippen LogP contribution is -2.57. The fourth-order valence-electron chi connectivity index (χ4n) is 3.19. The summed E-state index contributed by atoms with van der Waals surface area (Å²) in [5.41, 5.74) is -2.88. The van der Waals surface area contributed by atoms with E-state index in [4.69, 9.17) is 4.74 Å². The second-order valence-electron chi connectivity index (χ2n) is 6.55. The number of aliphatic hydroxyl groups excluding tert-OH is 1. The number of hydrogen-bond acceptors (Lipinski definition) is 7. The van der Waals surface area contributed by atoms with Crippen LogP contribution in [0.1, 0.15) is 19.8 Å². The molecule has 1 saturated carbocycles. The quantitative estimate of drug-likeness (QED) is 0.617. The lowest BCUT2D eigenvalue weighted by molar-refractivity contribution is -0.186. The van der Waals surface area contributed by atoms with Crippen molar-refractivity contribution in [2.75, 3.05) is 18.5 Å². The molecule has 3 atom stereocenters. The van der Waals surface area contributed by atoms with Gasteiger partial charge in [-0.25, -0.2) is 9.97 Å². The number of anilines is 1. The Bertz CT molecular complexity index is 742. The van der Waals surface area contributed by atoms with Crippen LogP contribution in [0.4, 0.5) is 5.82 Å². The average molecular weight is 320 g/mol. The zero-order chi connectivity index (χ0) is 16.2. The topological polar surface area (TPSA) is 113 Å². The summed E-state index contributed by atoms with van der Waals surface area (Å²) in [6.07, 6.45) is 4.36. The molecule has 0 spiro atoms. The van der Waals surface area contributed by atoms with E-state index in [-0.39, 0.29) is 6.61 Å². The predicted octanol–water partition coefficient (Wildman–Crippen LogP) is -0.207. The number of nitrogens with zero attached hydrogens (tertiary/aromatic N) is 3. The van der Waals surface area contributed by atoms with Gasteiger partial charge in [-0.3, -0.25) is 4.57 Å². The van der Waals surface area contributed by atoms with Gasteiger partial charge in [0.05, 0.1) is 18.6 Å². The summed E-state index contributed by atoms with van der Waals surface area (Å²) in [6.45, 7) is 0.996. The third-order valence-electron chi connectivity index (χ3n) is 4.74. The molecule has 0 bridgehead atoms. The van der Waals surface area contributed by atoms with Crippen LogP contribution in [-0.4, -0.2) is 60.8 Å². The van der Waals surface area contributed by atoms with Gasteiger partial charge in [-0.1, -0.05) is 0 Å². The van der Waals surface area contributed by atoms with Gasteiger partial charge in [-0.15, -0.1) is 0 Å². The van der Waals surface area contributed by atoms with Gasteiger partial charge in [0.25, 0.3) is 0 Å². The number of rotatable bonds is 4. The lowest BCUT2D eigenvalue weighted by atomic mass is 9.91. The maximum Gasteiger partial charge on any atom is 0.203 e. The summed E-state index contributed by atoms with van der Waals surface area (Å²) in [7, 11) is 0. The van der Waals surface area contributed by atoms with Crippen molar-refractivity contribution < 1.29 is 20.1 Å². The van der Waals surface area contributed by atoms with E-state index in [0.29, 0.717) is 17.5 Å². The average Bonchev–Trinajstić information content (AvgIpc) is 3.16. The van der Waals surface area contributed by atoms with Crippen molar-refractivity contribution in [1.82, 2.24) is 14.5 Å². The molecule has 0 radical (unpaired) electrons. The Balaban J connectivity index is 1.85. The monoisotopic (exact) mass is 320 g/mol. The van der Waals surface area contributed by atoms with Crippen LogP contribution >= 0.6 is 0 Å². The van der Waals surface area contributed by atoms with Gasteiger partial charge in [-0.2, -0.15) is 0 Å². The van der Waals surface area contributed by atoms with E-state index in [0.717, 1.165) is 18.2 Å². The van der Waals surface area contributed by atoms with Crippen LogP contribution in [0.3, 0.4) is 0 Å². The predicted molar refractivity (Wildman–Crippen MR) is 81.8 cm³/mol. The van der Waals surface area contributed by atoms with E-state index in [9.17, 15) is 15.3 Å². The van der Waals surface area contributed by atoms with E-state index in [2.05, 4.69) is 15.3 Å². The highest BCUT2D eigenvalue weighted by Crippen LogP contribution is 2.41. The van der Waals surface area contributed by atoms with Gasteiger partial charge >= 0.3 is 0 Å². The molecule has 2 fully saturated rings. The Kier molecular flexibility index (Phi) is 3.14. The van der Waals surface area contributed by atoms with Gasteiger partial charge in [0.15, 0.2) is 0 Å². The van der Waals surface area contributed by atoms with Crippen LogP contribution in [0.15, 0.2) is 18.6 Å². The molecule has 4 N–H and O–H groups in total. The highest BCUT2D eigenvalue weighted by Gasteiger charge is 2.59. The normalized spacial score (nSPS) is 34.2. The number of fused-ring (bicyclic) bond motifs is 1. The second kappa shape index (κ2) is 4.88. The Morgan fingerprint density at radius 2 is 2.17 bits per heavy atom. The van der Waals surface area contributed by atoms with Gasteiger partial charge in [0.1, 0.15) is 29.5 Å². The molecule has 3 heterocycles. The zero-order valence-electron chi connectivity index (χ0n) is 12.8. The molecule has 8 heteroatoms. The third-order valence-corrected chi connectivity index (χ3v) is 4.74. The molecule has 124 valence electrons. The van der Waals surface area contributed by atoms with Crippen LogP contribution in [0.2, 0.25) is 0 Å². The molecule has 0 aromatic carbocycles. The van der Waals surface area contributed by atoms with Crippen LogP contribution in [0.5, 0.6) is 0 Å². The molecular weight excluding hydrogens is 300 g/mol. The number of nitrogens with one attached hydrogen (secondary N) is 1. The van der Waals surface area contributed by atoms with Crippen molar-refractivity contribution in [3.05, 3.63) is 18.6 Å². The molecule has 0 amide bonds. The first kappa shape index (κ1) is 14.8. The molecule has 0 unspecified atom stereocenters. The summed E-state index contributed by atoms with van der Waals surface area (Å²) in [5, 5.41) is 35.4. The Morgan fingerprint density at radius 1 is 1.39 bits per heavy atom. The molecule has 8 nitrogen and oxygen atoms in total. The number of aromatic nitrogens is 3. The Morgan fingerprint density at radius 3 is 2.87 bits per heavy atom. The van der Waals surface area contributed by atoms with Gasteiger partial charge < -0.3 is 25.4 Å². The van der Waals surface area contributed by atoms with Crippen LogP contribution in [-0.2, 0) is 10.5 Å². The molecule has 1 saturated heterocycles.